The molecule has 1 aliphatic carbocycles. The highest BCUT2D eigenvalue weighted by Crippen LogP contribution is 2.50. The van der Waals surface area contributed by atoms with Crippen molar-refractivity contribution in [1.82, 2.24) is 20.4 Å². The zero-order valence-electron chi connectivity index (χ0n) is 16.7. The van der Waals surface area contributed by atoms with Gasteiger partial charge < -0.3 is 14.7 Å². The second kappa shape index (κ2) is 6.99. The van der Waals surface area contributed by atoms with Crippen LogP contribution < -0.4 is 5.32 Å². The zero-order chi connectivity index (χ0) is 20.1. The van der Waals surface area contributed by atoms with Gasteiger partial charge in [0, 0.05) is 29.9 Å². The molecule has 2 aliphatic rings. The third-order valence-electron chi connectivity index (χ3n) is 5.93. The number of nitrogens with zero attached hydrogens (tertiary/aromatic N) is 3. The number of rotatable bonds is 4. The highest BCUT2D eigenvalue weighted by atomic mass is 32.1. The molecule has 2 aromatic heterocycles. The number of fused-ring (bicyclic) bond motifs is 1. The average molecular weight is 403 g/mol. The molecule has 150 valence electrons. The highest BCUT2D eigenvalue weighted by Gasteiger charge is 2.58. The summed E-state index contributed by atoms with van der Waals surface area (Å²) in [6, 6.07) is 3.86. The van der Waals surface area contributed by atoms with E-state index in [1.165, 1.54) is 11.3 Å². The van der Waals surface area contributed by atoms with Crippen LogP contribution in [0, 0.1) is 25.7 Å². The van der Waals surface area contributed by atoms with E-state index in [1.807, 2.05) is 37.8 Å². The van der Waals surface area contributed by atoms with Gasteiger partial charge in [-0.25, -0.2) is 0 Å². The number of amides is 2. The number of likely N-dealkylation sites (tertiary alicyclic amines) is 1. The Morgan fingerprint density at radius 3 is 2.75 bits per heavy atom. The first-order chi connectivity index (χ1) is 13.3. The standard InChI is InChI=1S/C20H26N4O3S/c1-11(2)18(26)24-9-14-7-15(22-17(25)16-6-5-12(3)28-16)8-20(14,10-24)19-21-13(4)23-27-19/h5-6,11,14-15H,7-10H2,1-4H3,(H,22,25)/t14?,15-,20+/m1/s1. The smallest absolute Gasteiger partial charge is 0.261 e. The van der Waals surface area contributed by atoms with Crippen molar-refractivity contribution in [3.05, 3.63) is 33.6 Å². The van der Waals surface area contributed by atoms with Crippen molar-refractivity contribution in [2.24, 2.45) is 11.8 Å². The molecule has 1 unspecified atom stereocenters. The molecule has 4 rings (SSSR count). The van der Waals surface area contributed by atoms with Gasteiger partial charge >= 0.3 is 0 Å². The molecule has 28 heavy (non-hydrogen) atoms. The quantitative estimate of drug-likeness (QED) is 0.849. The number of aromatic nitrogens is 2. The summed E-state index contributed by atoms with van der Waals surface area (Å²) in [5, 5.41) is 7.17. The summed E-state index contributed by atoms with van der Waals surface area (Å²) in [6.07, 6.45) is 1.51. The zero-order valence-corrected chi connectivity index (χ0v) is 17.5. The van der Waals surface area contributed by atoms with Gasteiger partial charge in [0.25, 0.3) is 5.91 Å². The number of thiophene rings is 1. The molecule has 1 saturated heterocycles. The first-order valence-electron chi connectivity index (χ1n) is 9.75. The molecular weight excluding hydrogens is 376 g/mol. The first kappa shape index (κ1) is 19.1. The fourth-order valence-electron chi connectivity index (χ4n) is 4.66. The van der Waals surface area contributed by atoms with Gasteiger partial charge in [-0.15, -0.1) is 11.3 Å². The minimum atomic E-state index is -0.380. The molecule has 2 amide bonds. The Bertz CT molecular complexity index is 905. The van der Waals surface area contributed by atoms with E-state index in [1.54, 1.807) is 6.92 Å². The number of hydrogen-bond acceptors (Lipinski definition) is 6. The third kappa shape index (κ3) is 3.23. The summed E-state index contributed by atoms with van der Waals surface area (Å²) in [6.45, 7) is 8.88. The van der Waals surface area contributed by atoms with Crippen LogP contribution in [-0.2, 0) is 10.2 Å². The molecule has 1 saturated carbocycles. The molecule has 0 bridgehead atoms. The Hall–Kier alpha value is -2.22. The van der Waals surface area contributed by atoms with Crippen molar-refractivity contribution in [2.45, 2.75) is 52.0 Å². The number of nitrogens with one attached hydrogen (secondary N) is 1. The number of hydrogen-bond donors (Lipinski definition) is 1. The van der Waals surface area contributed by atoms with E-state index in [9.17, 15) is 9.59 Å². The Morgan fingerprint density at radius 1 is 1.36 bits per heavy atom. The maximum atomic E-state index is 12.6. The summed E-state index contributed by atoms with van der Waals surface area (Å²) >= 11 is 1.50. The molecule has 3 atom stereocenters. The van der Waals surface area contributed by atoms with E-state index < -0.39 is 0 Å². The molecule has 0 radical (unpaired) electrons. The fraction of sp³-hybridized carbons (Fsp3) is 0.600. The minimum absolute atomic E-state index is 0.0309. The molecule has 2 fully saturated rings. The maximum Gasteiger partial charge on any atom is 0.261 e. The molecule has 3 heterocycles. The van der Waals surface area contributed by atoms with Crippen LogP contribution in [0.3, 0.4) is 0 Å². The lowest BCUT2D eigenvalue weighted by molar-refractivity contribution is -0.133. The van der Waals surface area contributed by atoms with Crippen LogP contribution >= 0.6 is 11.3 Å². The number of aryl methyl sites for hydroxylation is 2. The molecule has 8 heteroatoms. The summed E-state index contributed by atoms with van der Waals surface area (Å²) in [5.41, 5.74) is -0.380. The van der Waals surface area contributed by atoms with Gasteiger partial charge in [0.1, 0.15) is 0 Å². The SMILES string of the molecule is Cc1noc([C@]23C[C@H](NC(=O)c4ccc(C)s4)CC2CN(C(=O)C(C)C)C3)n1. The Balaban J connectivity index is 1.56. The van der Waals surface area contributed by atoms with E-state index in [-0.39, 0.29) is 35.1 Å². The van der Waals surface area contributed by atoms with Gasteiger partial charge in [-0.3, -0.25) is 9.59 Å². The lowest BCUT2D eigenvalue weighted by atomic mass is 9.80. The molecular formula is C20H26N4O3S. The summed E-state index contributed by atoms with van der Waals surface area (Å²) in [4.78, 5) is 33.5. The summed E-state index contributed by atoms with van der Waals surface area (Å²) in [5.74, 6) is 1.47. The van der Waals surface area contributed by atoms with E-state index in [2.05, 4.69) is 15.5 Å². The average Bonchev–Trinajstić information content (AvgIpc) is 3.37. The van der Waals surface area contributed by atoms with Gasteiger partial charge in [-0.2, -0.15) is 4.98 Å². The fourth-order valence-corrected chi connectivity index (χ4v) is 5.43. The van der Waals surface area contributed by atoms with Crippen molar-refractivity contribution < 1.29 is 14.1 Å². The molecule has 7 nitrogen and oxygen atoms in total. The van der Waals surface area contributed by atoms with Crippen LogP contribution in [0.25, 0.3) is 0 Å². The second-order valence-electron chi connectivity index (χ2n) is 8.39. The Morgan fingerprint density at radius 2 is 2.14 bits per heavy atom. The monoisotopic (exact) mass is 402 g/mol. The second-order valence-corrected chi connectivity index (χ2v) is 9.68. The topological polar surface area (TPSA) is 88.3 Å². The number of carbonyl (C=O) groups excluding carboxylic acids is 2. The molecule has 0 aromatic carbocycles. The van der Waals surface area contributed by atoms with Crippen molar-refractivity contribution in [2.75, 3.05) is 13.1 Å². The third-order valence-corrected chi connectivity index (χ3v) is 6.93. The van der Waals surface area contributed by atoms with E-state index >= 15 is 0 Å². The van der Waals surface area contributed by atoms with Crippen molar-refractivity contribution in [3.63, 3.8) is 0 Å². The summed E-state index contributed by atoms with van der Waals surface area (Å²) in [7, 11) is 0. The van der Waals surface area contributed by atoms with E-state index in [0.29, 0.717) is 31.2 Å². The van der Waals surface area contributed by atoms with Crippen LogP contribution in [0.2, 0.25) is 0 Å². The van der Waals surface area contributed by atoms with Crippen LogP contribution in [0.5, 0.6) is 0 Å². The Labute approximate surface area is 168 Å². The normalized spacial score (nSPS) is 26.7. The van der Waals surface area contributed by atoms with Crippen LogP contribution in [0.4, 0.5) is 0 Å². The van der Waals surface area contributed by atoms with Crippen LogP contribution in [-0.4, -0.2) is 46.0 Å². The van der Waals surface area contributed by atoms with Gasteiger partial charge in [-0.1, -0.05) is 19.0 Å². The predicted octanol–water partition coefficient (Wildman–Crippen LogP) is 2.69. The van der Waals surface area contributed by atoms with Gasteiger partial charge in [0.15, 0.2) is 5.82 Å². The first-order valence-corrected chi connectivity index (χ1v) is 10.6. The van der Waals surface area contributed by atoms with E-state index in [0.717, 1.165) is 16.2 Å². The largest absolute Gasteiger partial charge is 0.349 e. The van der Waals surface area contributed by atoms with Crippen molar-refractivity contribution in [3.8, 4) is 0 Å². The minimum Gasteiger partial charge on any atom is -0.349 e. The molecule has 2 aromatic rings. The van der Waals surface area contributed by atoms with Gasteiger partial charge in [-0.05, 0) is 44.7 Å². The molecule has 1 N–H and O–H groups in total. The van der Waals surface area contributed by atoms with Crippen molar-refractivity contribution in [1.29, 1.82) is 0 Å². The lowest BCUT2D eigenvalue weighted by Gasteiger charge is -2.26. The Kier molecular flexibility index (Phi) is 4.77. The van der Waals surface area contributed by atoms with Crippen LogP contribution in [0.15, 0.2) is 16.7 Å². The summed E-state index contributed by atoms with van der Waals surface area (Å²) < 4.78 is 5.57. The highest BCUT2D eigenvalue weighted by molar-refractivity contribution is 7.13. The van der Waals surface area contributed by atoms with Gasteiger partial charge in [0.2, 0.25) is 11.8 Å². The number of carbonyl (C=O) groups is 2. The predicted molar refractivity (Wildman–Crippen MR) is 105 cm³/mol. The van der Waals surface area contributed by atoms with Crippen molar-refractivity contribution >= 4 is 23.2 Å². The lowest BCUT2D eigenvalue weighted by Crippen LogP contribution is -2.40. The van der Waals surface area contributed by atoms with E-state index in [4.69, 9.17) is 4.52 Å². The van der Waals surface area contributed by atoms with Crippen LogP contribution in [0.1, 0.15) is 53.0 Å². The maximum absolute atomic E-state index is 12.6. The molecule has 0 spiro atoms. The molecule has 1 aliphatic heterocycles. The van der Waals surface area contributed by atoms with Gasteiger partial charge in [0.05, 0.1) is 10.3 Å².